The molecule has 25 heteroatoms. The Morgan fingerprint density at radius 1 is 0.581 bits per heavy atom. The first kappa shape index (κ1) is 69.9. The third kappa shape index (κ3) is 19.8. The van der Waals surface area contributed by atoms with Crippen molar-refractivity contribution < 1.29 is 64.5 Å². The highest BCUT2D eigenvalue weighted by Gasteiger charge is 2.36. The molecule has 2 N–H and O–H groups in total. The number of anilines is 4. The number of likely N-dealkylation sites (tertiary alicyclic amines) is 2. The summed E-state index contributed by atoms with van der Waals surface area (Å²) in [7, 11) is 0. The highest BCUT2D eigenvalue weighted by Crippen LogP contribution is 2.35. The molecule has 492 valence electrons. The van der Waals surface area contributed by atoms with E-state index < -0.39 is 52.9 Å². The molecule has 4 aliphatic heterocycles. The van der Waals surface area contributed by atoms with Gasteiger partial charge in [-0.1, -0.05) is 35.6 Å². The van der Waals surface area contributed by atoms with Crippen molar-refractivity contribution in [1.29, 1.82) is 0 Å². The smallest absolute Gasteiger partial charge is 0.433 e. The molecule has 2 atom stereocenters. The van der Waals surface area contributed by atoms with Crippen LogP contribution in [0.4, 0.5) is 58.9 Å². The third-order valence-corrected chi connectivity index (χ3v) is 15.0. The fraction of sp³-hybridized carbons (Fsp3) is 0.412. The van der Waals surface area contributed by atoms with Gasteiger partial charge < -0.3 is 39.4 Å². The summed E-state index contributed by atoms with van der Waals surface area (Å²) in [6.07, 6.45) is 0.662. The number of carbonyl (C=O) groups excluding carboxylic acids is 4. The van der Waals surface area contributed by atoms with Crippen LogP contribution in [0, 0.1) is 38.0 Å². The molecule has 4 saturated heterocycles. The van der Waals surface area contributed by atoms with Crippen molar-refractivity contribution in [2.75, 3.05) is 86.1 Å². The normalized spacial score (nSPS) is 16.7. The van der Waals surface area contributed by atoms with Crippen molar-refractivity contribution >= 4 is 58.6 Å². The van der Waals surface area contributed by atoms with Crippen molar-refractivity contribution in [1.82, 2.24) is 29.7 Å². The lowest BCUT2D eigenvalue weighted by molar-refractivity contribution is -0.142. The molecule has 6 aromatic rings. The van der Waals surface area contributed by atoms with Gasteiger partial charge in [-0.3, -0.25) is 29.4 Å². The van der Waals surface area contributed by atoms with E-state index in [1.165, 1.54) is 12.1 Å². The Balaban J connectivity index is 0.000000205. The van der Waals surface area contributed by atoms with E-state index in [9.17, 15) is 45.5 Å². The molecule has 4 fully saturated rings. The van der Waals surface area contributed by atoms with Crippen LogP contribution in [0.25, 0.3) is 22.3 Å². The average Bonchev–Trinajstić information content (AvgIpc) is 2.32. The van der Waals surface area contributed by atoms with Crippen LogP contribution in [0.3, 0.4) is 0 Å². The van der Waals surface area contributed by atoms with Crippen LogP contribution in [0.5, 0.6) is 0 Å². The number of hydrogen-bond donors (Lipinski definition) is 2. The predicted molar refractivity (Wildman–Crippen MR) is 342 cm³/mol. The molecule has 0 radical (unpaired) electrons. The standard InChI is InChI=1S/C34H36F3N5O4.C23H20ClF3N4O2.C11H17NO2/c1-22-7-8-26(40-31(43)23-11-12-38-29(19-23)34(35,36)37)21-28(22)24-18-25(39-30(20-24)41-14-16-45-17-15-41)9-10-27-6-5-13-42(27)32(44)46-33(2,3)4;1-14-2-3-17(29-22(32)15-4-5-28-19(10-15)23(25,26)27)13-18(14)16-11-20(24)30-21(12-16)31-6-8-33-9-7-31;1-5-9-7-6-8-12(9)10(13)14-11(2,3)4/h7-8,11-12,18-21,27H,5-6,13-17H2,1-4H3,(H,40,43);2-5,10-13H,6-9H2,1H3,(H,29,32);1,9H,6-8H2,2-4H3/t27-;;9-/m0.1/s1. The van der Waals surface area contributed by atoms with Crippen LogP contribution in [0.15, 0.2) is 97.3 Å². The Hall–Kier alpha value is -8.97. The minimum absolute atomic E-state index is 0.0788. The molecule has 0 unspecified atom stereocenters. The van der Waals surface area contributed by atoms with E-state index in [0.29, 0.717) is 93.7 Å². The summed E-state index contributed by atoms with van der Waals surface area (Å²) in [5.74, 6) is 9.12. The number of benzene rings is 2. The lowest BCUT2D eigenvalue weighted by atomic mass is 9.99. The number of terminal acetylenes is 1. The number of morpholine rings is 2. The number of carbonyl (C=O) groups is 4. The first-order valence-corrected chi connectivity index (χ1v) is 30.5. The first-order chi connectivity index (χ1) is 43.9. The van der Waals surface area contributed by atoms with E-state index in [2.05, 4.69) is 53.1 Å². The van der Waals surface area contributed by atoms with Gasteiger partial charge in [-0.25, -0.2) is 19.6 Å². The lowest BCUT2D eigenvalue weighted by Gasteiger charge is -2.28. The number of amides is 4. The Kier molecular flexibility index (Phi) is 22.7. The topological polar surface area (TPSA) is 194 Å². The Morgan fingerprint density at radius 3 is 1.45 bits per heavy atom. The SMILES string of the molecule is C#C[C@@H]1CCCN1C(=O)OC(C)(C)C.Cc1ccc(NC(=O)c2ccnc(C(F)(F)F)c2)cc1-c1cc(C#C[C@@H]2CCCN2C(=O)OC(C)(C)C)nc(N2CCOCC2)c1.Cc1ccc(NC(=O)c2ccnc(C(F)(F)F)c2)cc1-c1cc(Cl)nc(N2CCOCC2)c1. The van der Waals surface area contributed by atoms with Crippen molar-refractivity contribution in [3.05, 3.63) is 142 Å². The molecule has 0 saturated carbocycles. The van der Waals surface area contributed by atoms with Gasteiger partial charge in [0.1, 0.15) is 45.1 Å². The largest absolute Gasteiger partial charge is 0.444 e. The van der Waals surface area contributed by atoms with Gasteiger partial charge in [0.25, 0.3) is 11.8 Å². The summed E-state index contributed by atoms with van der Waals surface area (Å²) in [4.78, 5) is 73.3. The fourth-order valence-electron chi connectivity index (χ4n) is 10.3. The molecular weight excluding hydrogens is 1230 g/mol. The van der Waals surface area contributed by atoms with Crippen LogP contribution in [0.1, 0.15) is 116 Å². The molecule has 4 aliphatic rings. The van der Waals surface area contributed by atoms with Gasteiger partial charge in [0, 0.05) is 74.2 Å². The monoisotopic (exact) mass is 1310 g/mol. The number of rotatable bonds is 8. The Labute approximate surface area is 541 Å². The zero-order chi connectivity index (χ0) is 67.4. The van der Waals surface area contributed by atoms with Crippen LogP contribution in [-0.2, 0) is 31.3 Å². The number of alkyl halides is 6. The summed E-state index contributed by atoms with van der Waals surface area (Å²) in [6.45, 7) is 21.2. The number of nitrogens with one attached hydrogen (secondary N) is 2. The molecular formula is C68H73ClF6N10O8. The van der Waals surface area contributed by atoms with Gasteiger partial charge in [0.2, 0.25) is 0 Å². The van der Waals surface area contributed by atoms with E-state index in [-0.39, 0.29) is 29.3 Å². The quantitative estimate of drug-likeness (QED) is 0.0830. The summed E-state index contributed by atoms with van der Waals surface area (Å²) < 4.78 is 100.0. The second-order valence-corrected chi connectivity index (χ2v) is 24.6. The zero-order valence-electron chi connectivity index (χ0n) is 52.9. The minimum Gasteiger partial charge on any atom is -0.444 e. The Bertz CT molecular complexity index is 3790. The average molecular weight is 1310 g/mol. The van der Waals surface area contributed by atoms with E-state index >= 15 is 0 Å². The predicted octanol–water partition coefficient (Wildman–Crippen LogP) is 13.5. The number of pyridine rings is 4. The van der Waals surface area contributed by atoms with Gasteiger partial charge in [-0.2, -0.15) is 26.3 Å². The first-order valence-electron chi connectivity index (χ1n) is 30.1. The summed E-state index contributed by atoms with van der Waals surface area (Å²) in [5, 5.41) is 5.70. The van der Waals surface area contributed by atoms with Crippen molar-refractivity contribution in [3.8, 4) is 46.4 Å². The van der Waals surface area contributed by atoms with Crippen molar-refractivity contribution in [2.24, 2.45) is 0 Å². The molecule has 4 amide bonds. The maximum atomic E-state index is 13.2. The van der Waals surface area contributed by atoms with Crippen LogP contribution < -0.4 is 20.4 Å². The molecule has 8 heterocycles. The molecule has 93 heavy (non-hydrogen) atoms. The van der Waals surface area contributed by atoms with Crippen LogP contribution in [-0.4, -0.2) is 143 Å². The molecule has 2 aromatic carbocycles. The second kappa shape index (κ2) is 30.2. The van der Waals surface area contributed by atoms with Gasteiger partial charge in [0.15, 0.2) is 0 Å². The van der Waals surface area contributed by atoms with Gasteiger partial charge in [-0.05, 0) is 193 Å². The molecule has 4 aromatic heterocycles. The number of hydrogen-bond acceptors (Lipinski definition) is 14. The maximum absolute atomic E-state index is 13.2. The van der Waals surface area contributed by atoms with Gasteiger partial charge in [0.05, 0.1) is 38.5 Å². The molecule has 0 bridgehead atoms. The number of aromatic nitrogens is 4. The molecule has 10 rings (SSSR count). The van der Waals surface area contributed by atoms with E-state index in [4.69, 9.17) is 42.0 Å². The second-order valence-electron chi connectivity index (χ2n) is 24.3. The van der Waals surface area contributed by atoms with Gasteiger partial charge in [-0.15, -0.1) is 6.42 Å². The number of nitrogens with zero attached hydrogens (tertiary/aromatic N) is 8. The molecule has 0 spiro atoms. The van der Waals surface area contributed by atoms with Crippen molar-refractivity contribution in [3.63, 3.8) is 0 Å². The van der Waals surface area contributed by atoms with Gasteiger partial charge >= 0.3 is 24.5 Å². The number of halogens is 7. The summed E-state index contributed by atoms with van der Waals surface area (Å²) in [5.41, 5.74) is 2.80. The molecule has 18 nitrogen and oxygen atoms in total. The third-order valence-electron chi connectivity index (χ3n) is 14.8. The van der Waals surface area contributed by atoms with Crippen LogP contribution >= 0.6 is 11.6 Å². The van der Waals surface area contributed by atoms with E-state index in [1.54, 1.807) is 40.1 Å². The fourth-order valence-corrected chi connectivity index (χ4v) is 10.5. The molecule has 0 aliphatic carbocycles. The number of ether oxygens (including phenoxy) is 4. The van der Waals surface area contributed by atoms with E-state index in [0.717, 1.165) is 89.4 Å². The lowest BCUT2D eigenvalue weighted by Crippen LogP contribution is -2.39. The van der Waals surface area contributed by atoms with Crippen molar-refractivity contribution in [2.45, 2.75) is 117 Å². The van der Waals surface area contributed by atoms with E-state index in [1.807, 2.05) is 85.7 Å². The minimum atomic E-state index is -4.67. The highest BCUT2D eigenvalue weighted by atomic mass is 35.5. The highest BCUT2D eigenvalue weighted by molar-refractivity contribution is 6.29. The van der Waals surface area contributed by atoms with Crippen LogP contribution in [0.2, 0.25) is 5.15 Å². The summed E-state index contributed by atoms with van der Waals surface area (Å²) in [6, 6.07) is 21.6. The summed E-state index contributed by atoms with van der Waals surface area (Å²) >= 11 is 6.29. The number of aryl methyl sites for hydroxylation is 2. The zero-order valence-corrected chi connectivity index (χ0v) is 53.6. The Morgan fingerprint density at radius 2 is 1.01 bits per heavy atom. The maximum Gasteiger partial charge on any atom is 0.433 e.